The minimum absolute atomic E-state index is 0.0692. The summed E-state index contributed by atoms with van der Waals surface area (Å²) in [5.41, 5.74) is 0.932. The fourth-order valence-corrected chi connectivity index (χ4v) is 2.42. The molecule has 1 atom stereocenters. The fraction of sp³-hybridized carbons (Fsp3) is 0.350. The van der Waals surface area contributed by atoms with Crippen molar-refractivity contribution in [1.29, 1.82) is 0 Å². The van der Waals surface area contributed by atoms with Crippen LogP contribution in [0.1, 0.15) is 47.9 Å². The van der Waals surface area contributed by atoms with Gasteiger partial charge in [-0.3, -0.25) is 4.79 Å². The van der Waals surface area contributed by atoms with E-state index in [0.29, 0.717) is 12.0 Å². The van der Waals surface area contributed by atoms with Crippen LogP contribution in [-0.4, -0.2) is 28.3 Å². The topological polar surface area (TPSA) is 69.6 Å². The van der Waals surface area contributed by atoms with E-state index in [4.69, 9.17) is 0 Å². The highest BCUT2D eigenvalue weighted by atomic mass is 19.1. The van der Waals surface area contributed by atoms with Gasteiger partial charge in [-0.15, -0.1) is 0 Å². The molecule has 0 radical (unpaired) electrons. The van der Waals surface area contributed by atoms with Gasteiger partial charge in [0.15, 0.2) is 0 Å². The van der Waals surface area contributed by atoms with Gasteiger partial charge in [0.1, 0.15) is 5.82 Å². The van der Waals surface area contributed by atoms with Crippen LogP contribution in [-0.2, 0) is 6.42 Å². The molecule has 3 N–H and O–H groups in total. The van der Waals surface area contributed by atoms with Crippen molar-refractivity contribution in [2.24, 2.45) is 0 Å². The number of amides is 1. The molecule has 0 heterocycles. The van der Waals surface area contributed by atoms with Gasteiger partial charge in [-0.2, -0.15) is 0 Å². The lowest BCUT2D eigenvalue weighted by Crippen LogP contribution is -2.28. The number of hydrogen-bond donors (Lipinski definition) is 3. The summed E-state index contributed by atoms with van der Waals surface area (Å²) in [4.78, 5) is 12.1. The van der Waals surface area contributed by atoms with Gasteiger partial charge in [0.05, 0.1) is 11.7 Å². The number of aryl methyl sites for hydroxylation is 1. The zero-order chi connectivity index (χ0) is 18.4. The van der Waals surface area contributed by atoms with Crippen LogP contribution >= 0.6 is 0 Å². The summed E-state index contributed by atoms with van der Waals surface area (Å²) >= 11 is 0. The molecule has 0 unspecified atom stereocenters. The quantitative estimate of drug-likeness (QED) is 0.722. The van der Waals surface area contributed by atoms with Gasteiger partial charge >= 0.3 is 0 Å². The molecule has 0 saturated carbocycles. The van der Waals surface area contributed by atoms with Gasteiger partial charge in [-0.05, 0) is 50.5 Å². The monoisotopic (exact) mass is 345 g/mol. The van der Waals surface area contributed by atoms with E-state index in [1.807, 2.05) is 12.1 Å². The summed E-state index contributed by atoms with van der Waals surface area (Å²) in [5, 5.41) is 22.4. The Kier molecular flexibility index (Phi) is 6.28. The molecule has 0 spiro atoms. The van der Waals surface area contributed by atoms with E-state index in [1.54, 1.807) is 38.1 Å². The molecular formula is C20H24FNO3. The summed E-state index contributed by atoms with van der Waals surface area (Å²) < 4.78 is 13.6. The minimum Gasteiger partial charge on any atom is -0.390 e. The van der Waals surface area contributed by atoms with E-state index in [2.05, 4.69) is 5.32 Å². The van der Waals surface area contributed by atoms with E-state index >= 15 is 0 Å². The Bertz CT molecular complexity index is 708. The van der Waals surface area contributed by atoms with E-state index in [0.717, 1.165) is 12.0 Å². The van der Waals surface area contributed by atoms with E-state index in [9.17, 15) is 19.4 Å². The van der Waals surface area contributed by atoms with Crippen molar-refractivity contribution in [3.8, 4) is 0 Å². The molecule has 0 bridgehead atoms. The predicted octanol–water partition coefficient (Wildman–Crippen LogP) is 2.99. The van der Waals surface area contributed by atoms with Crippen molar-refractivity contribution in [3.05, 3.63) is 71.0 Å². The Labute approximate surface area is 147 Å². The largest absolute Gasteiger partial charge is 0.390 e. The Hall–Kier alpha value is -2.24. The van der Waals surface area contributed by atoms with Crippen LogP contribution in [0.3, 0.4) is 0 Å². The SMILES string of the molecule is CC(C)(O)CCc1ccc(C(=O)NC[C@@H](O)c2ccccc2F)cc1. The number of aliphatic hydroxyl groups excluding tert-OH is 1. The van der Waals surface area contributed by atoms with Crippen molar-refractivity contribution in [3.63, 3.8) is 0 Å². The summed E-state index contributed by atoms with van der Waals surface area (Å²) in [6.07, 6.45) is 0.251. The lowest BCUT2D eigenvalue weighted by molar-refractivity contribution is 0.0713. The first kappa shape index (κ1) is 19.1. The summed E-state index contributed by atoms with van der Waals surface area (Å²) in [7, 11) is 0. The van der Waals surface area contributed by atoms with E-state index < -0.39 is 17.5 Å². The fourth-order valence-electron chi connectivity index (χ4n) is 2.42. The average Bonchev–Trinajstić information content (AvgIpc) is 2.58. The Morgan fingerprint density at radius 2 is 1.80 bits per heavy atom. The molecule has 0 aliphatic heterocycles. The number of carbonyl (C=O) groups is 1. The molecule has 2 aromatic carbocycles. The van der Waals surface area contributed by atoms with Gasteiger partial charge in [0.2, 0.25) is 0 Å². The second-order valence-electron chi connectivity index (χ2n) is 6.76. The Morgan fingerprint density at radius 1 is 1.16 bits per heavy atom. The number of benzene rings is 2. The van der Waals surface area contributed by atoms with Crippen LogP contribution in [0, 0.1) is 5.82 Å². The van der Waals surface area contributed by atoms with Gasteiger partial charge in [-0.1, -0.05) is 30.3 Å². The first-order valence-corrected chi connectivity index (χ1v) is 8.28. The highest BCUT2D eigenvalue weighted by Crippen LogP contribution is 2.16. The highest BCUT2D eigenvalue weighted by Gasteiger charge is 2.15. The number of halogens is 1. The zero-order valence-electron chi connectivity index (χ0n) is 14.5. The summed E-state index contributed by atoms with van der Waals surface area (Å²) in [6, 6.07) is 13.0. The zero-order valence-corrected chi connectivity index (χ0v) is 14.5. The van der Waals surface area contributed by atoms with Gasteiger partial charge in [0.25, 0.3) is 5.91 Å². The normalized spacial score (nSPS) is 12.7. The number of carbonyl (C=O) groups excluding carboxylic acids is 1. The average molecular weight is 345 g/mol. The summed E-state index contributed by atoms with van der Waals surface area (Å²) in [5.74, 6) is -0.829. The van der Waals surface area contributed by atoms with Crippen LogP contribution in [0.4, 0.5) is 4.39 Å². The maximum Gasteiger partial charge on any atom is 0.251 e. The molecule has 2 rings (SSSR count). The van der Waals surface area contributed by atoms with Crippen LogP contribution in [0.5, 0.6) is 0 Å². The molecule has 2 aromatic rings. The van der Waals surface area contributed by atoms with Crippen molar-refractivity contribution in [2.45, 2.75) is 38.4 Å². The maximum atomic E-state index is 13.6. The summed E-state index contributed by atoms with van der Waals surface area (Å²) in [6.45, 7) is 3.45. The van der Waals surface area contributed by atoms with Crippen molar-refractivity contribution < 1.29 is 19.4 Å². The third-order valence-electron chi connectivity index (χ3n) is 3.96. The number of rotatable bonds is 7. The van der Waals surface area contributed by atoms with E-state index in [1.165, 1.54) is 12.1 Å². The van der Waals surface area contributed by atoms with Crippen LogP contribution < -0.4 is 5.32 Å². The lowest BCUT2D eigenvalue weighted by Gasteiger charge is -2.16. The number of nitrogens with one attached hydrogen (secondary N) is 1. The molecule has 0 aromatic heterocycles. The molecule has 25 heavy (non-hydrogen) atoms. The molecule has 0 aliphatic carbocycles. The molecule has 0 saturated heterocycles. The van der Waals surface area contributed by atoms with Crippen molar-refractivity contribution in [1.82, 2.24) is 5.32 Å². The Balaban J connectivity index is 1.89. The molecule has 0 aliphatic rings. The minimum atomic E-state index is -1.10. The van der Waals surface area contributed by atoms with Crippen molar-refractivity contribution >= 4 is 5.91 Å². The standard InChI is InChI=1S/C20H24FNO3/c1-20(2,25)12-11-14-7-9-15(10-8-14)19(24)22-13-18(23)16-5-3-4-6-17(16)21/h3-10,18,23,25H,11-13H2,1-2H3,(H,22,24)/t18-/m1/s1. The number of hydrogen-bond acceptors (Lipinski definition) is 3. The second-order valence-corrected chi connectivity index (χ2v) is 6.76. The van der Waals surface area contributed by atoms with Crippen LogP contribution in [0.15, 0.2) is 48.5 Å². The second kappa shape index (κ2) is 8.23. The molecule has 0 fully saturated rings. The molecule has 134 valence electrons. The maximum absolute atomic E-state index is 13.6. The third-order valence-corrected chi connectivity index (χ3v) is 3.96. The van der Waals surface area contributed by atoms with Crippen LogP contribution in [0.25, 0.3) is 0 Å². The highest BCUT2D eigenvalue weighted by molar-refractivity contribution is 5.94. The lowest BCUT2D eigenvalue weighted by atomic mass is 9.98. The van der Waals surface area contributed by atoms with E-state index in [-0.39, 0.29) is 18.0 Å². The van der Waals surface area contributed by atoms with Gasteiger partial charge in [-0.25, -0.2) is 4.39 Å². The molecule has 4 nitrogen and oxygen atoms in total. The first-order chi connectivity index (χ1) is 11.8. The molecular weight excluding hydrogens is 321 g/mol. The van der Waals surface area contributed by atoms with Crippen molar-refractivity contribution in [2.75, 3.05) is 6.54 Å². The third kappa shape index (κ3) is 5.96. The van der Waals surface area contributed by atoms with Gasteiger partial charge in [0, 0.05) is 17.7 Å². The smallest absolute Gasteiger partial charge is 0.251 e. The predicted molar refractivity (Wildman–Crippen MR) is 94.8 cm³/mol. The molecule has 5 heteroatoms. The molecule has 1 amide bonds. The first-order valence-electron chi connectivity index (χ1n) is 8.28. The Morgan fingerprint density at radius 3 is 2.40 bits per heavy atom. The number of aliphatic hydroxyl groups is 2. The van der Waals surface area contributed by atoms with Gasteiger partial charge < -0.3 is 15.5 Å². The van der Waals surface area contributed by atoms with Crippen LogP contribution in [0.2, 0.25) is 0 Å².